The smallest absolute Gasteiger partial charge is 0.0379 e. The van der Waals surface area contributed by atoms with Gasteiger partial charge in [-0.1, -0.05) is 43.5 Å². The van der Waals surface area contributed by atoms with E-state index >= 15 is 0 Å². The summed E-state index contributed by atoms with van der Waals surface area (Å²) in [5.41, 5.74) is 3.06. The van der Waals surface area contributed by atoms with Crippen molar-refractivity contribution in [3.8, 4) is 0 Å². The minimum absolute atomic E-state index is 0.651. The molecule has 0 radical (unpaired) electrons. The third-order valence-corrected chi connectivity index (χ3v) is 5.15. The van der Waals surface area contributed by atoms with E-state index in [4.69, 9.17) is 0 Å². The van der Waals surface area contributed by atoms with Crippen molar-refractivity contribution in [1.82, 2.24) is 10.2 Å². The van der Waals surface area contributed by atoms with Gasteiger partial charge in [-0.3, -0.25) is 4.90 Å². The molecule has 0 bridgehead atoms. The zero-order chi connectivity index (χ0) is 13.8. The van der Waals surface area contributed by atoms with E-state index in [1.807, 2.05) is 0 Å². The molecule has 20 heavy (non-hydrogen) atoms. The average Bonchev–Trinajstić information content (AvgIpc) is 2.52. The molecule has 0 amide bonds. The van der Waals surface area contributed by atoms with Crippen LogP contribution in [0.2, 0.25) is 0 Å². The molecule has 1 atom stereocenters. The van der Waals surface area contributed by atoms with Gasteiger partial charge in [-0.2, -0.15) is 0 Å². The average molecular weight is 272 g/mol. The number of rotatable bonds is 3. The first kappa shape index (κ1) is 14.1. The molecule has 0 spiro atoms. The molecule has 0 aromatic heterocycles. The first-order valence-electron chi connectivity index (χ1n) is 8.36. The summed E-state index contributed by atoms with van der Waals surface area (Å²) in [6.45, 7) is 6.99. The highest BCUT2D eigenvalue weighted by Gasteiger charge is 2.31. The summed E-state index contributed by atoms with van der Waals surface area (Å²) >= 11 is 0. The Labute approximate surface area is 123 Å². The zero-order valence-electron chi connectivity index (χ0n) is 12.8. The number of piperazine rings is 1. The minimum atomic E-state index is 0.651. The summed E-state index contributed by atoms with van der Waals surface area (Å²) in [5, 5.41) is 3.50. The van der Waals surface area contributed by atoms with Gasteiger partial charge in [-0.25, -0.2) is 0 Å². The van der Waals surface area contributed by atoms with Crippen molar-refractivity contribution in [3.05, 3.63) is 35.4 Å². The highest BCUT2D eigenvalue weighted by Crippen LogP contribution is 2.39. The van der Waals surface area contributed by atoms with E-state index < -0.39 is 0 Å². The van der Waals surface area contributed by atoms with Crippen LogP contribution in [0.5, 0.6) is 0 Å². The zero-order valence-corrected chi connectivity index (χ0v) is 12.8. The van der Waals surface area contributed by atoms with Crippen molar-refractivity contribution in [3.63, 3.8) is 0 Å². The Bertz CT molecular complexity index is 399. The second-order valence-electron chi connectivity index (χ2n) is 6.49. The van der Waals surface area contributed by atoms with E-state index in [2.05, 4.69) is 41.4 Å². The Morgan fingerprint density at radius 2 is 1.75 bits per heavy atom. The fourth-order valence-corrected chi connectivity index (χ4v) is 4.08. The van der Waals surface area contributed by atoms with Gasteiger partial charge in [0.2, 0.25) is 0 Å². The predicted molar refractivity (Wildman–Crippen MR) is 84.9 cm³/mol. The monoisotopic (exact) mass is 272 g/mol. The fraction of sp³-hybridized carbons (Fsp3) is 0.667. The second-order valence-corrected chi connectivity index (χ2v) is 6.49. The standard InChI is InChI=1S/C18H28N2/c1-15-7-5-6-10-17(15)18(16-8-3-2-4-9-16)20-13-11-19-12-14-20/h5-7,10,16,18-19H,2-4,8-9,11-14H2,1H3/t18-/m1/s1. The van der Waals surface area contributed by atoms with E-state index in [1.165, 1.54) is 50.8 Å². The van der Waals surface area contributed by atoms with Crippen LogP contribution < -0.4 is 5.32 Å². The van der Waals surface area contributed by atoms with E-state index in [9.17, 15) is 0 Å². The summed E-state index contributed by atoms with van der Waals surface area (Å²) in [6, 6.07) is 9.71. The summed E-state index contributed by atoms with van der Waals surface area (Å²) in [7, 11) is 0. The minimum Gasteiger partial charge on any atom is -0.314 e. The van der Waals surface area contributed by atoms with Crippen molar-refractivity contribution >= 4 is 0 Å². The molecule has 1 aliphatic heterocycles. The molecule has 1 aromatic carbocycles. The van der Waals surface area contributed by atoms with Crippen LogP contribution in [0.15, 0.2) is 24.3 Å². The lowest BCUT2D eigenvalue weighted by Gasteiger charge is -2.41. The molecule has 1 heterocycles. The molecule has 2 aliphatic rings. The predicted octanol–water partition coefficient (Wildman–Crippen LogP) is 3.52. The maximum atomic E-state index is 3.50. The van der Waals surface area contributed by atoms with Crippen LogP contribution in [0, 0.1) is 12.8 Å². The van der Waals surface area contributed by atoms with Gasteiger partial charge in [0.05, 0.1) is 0 Å². The van der Waals surface area contributed by atoms with E-state index in [0.717, 1.165) is 19.0 Å². The number of nitrogens with one attached hydrogen (secondary N) is 1. The van der Waals surface area contributed by atoms with Crippen LogP contribution in [0.1, 0.15) is 49.3 Å². The van der Waals surface area contributed by atoms with Crippen LogP contribution in [0.3, 0.4) is 0 Å². The first-order valence-corrected chi connectivity index (χ1v) is 8.36. The third-order valence-electron chi connectivity index (χ3n) is 5.15. The van der Waals surface area contributed by atoms with Gasteiger partial charge in [0.15, 0.2) is 0 Å². The largest absolute Gasteiger partial charge is 0.314 e. The molecule has 1 aliphatic carbocycles. The van der Waals surface area contributed by atoms with Gasteiger partial charge in [-0.05, 0) is 36.8 Å². The van der Waals surface area contributed by atoms with Gasteiger partial charge < -0.3 is 5.32 Å². The lowest BCUT2D eigenvalue weighted by Crippen LogP contribution is -2.47. The van der Waals surface area contributed by atoms with Crippen LogP contribution in [-0.2, 0) is 0 Å². The van der Waals surface area contributed by atoms with Crippen molar-refractivity contribution in [2.45, 2.75) is 45.1 Å². The molecule has 2 nitrogen and oxygen atoms in total. The lowest BCUT2D eigenvalue weighted by atomic mass is 9.79. The molecular weight excluding hydrogens is 244 g/mol. The Kier molecular flexibility index (Phi) is 4.74. The van der Waals surface area contributed by atoms with E-state index in [1.54, 1.807) is 5.56 Å². The molecular formula is C18H28N2. The molecule has 1 saturated heterocycles. The van der Waals surface area contributed by atoms with Crippen molar-refractivity contribution in [1.29, 1.82) is 0 Å². The molecule has 0 unspecified atom stereocenters. The van der Waals surface area contributed by atoms with Gasteiger partial charge in [0, 0.05) is 32.2 Å². The topological polar surface area (TPSA) is 15.3 Å². The number of nitrogens with zero attached hydrogens (tertiary/aromatic N) is 1. The summed E-state index contributed by atoms with van der Waals surface area (Å²) in [5.74, 6) is 0.864. The maximum absolute atomic E-state index is 3.50. The Balaban J connectivity index is 1.87. The third kappa shape index (κ3) is 3.07. The number of hydrogen-bond acceptors (Lipinski definition) is 2. The Hall–Kier alpha value is -0.860. The maximum Gasteiger partial charge on any atom is 0.0379 e. The molecule has 110 valence electrons. The normalized spacial score (nSPS) is 23.6. The van der Waals surface area contributed by atoms with Crippen molar-refractivity contribution in [2.75, 3.05) is 26.2 Å². The summed E-state index contributed by atoms with van der Waals surface area (Å²) < 4.78 is 0. The lowest BCUT2D eigenvalue weighted by molar-refractivity contribution is 0.103. The number of benzene rings is 1. The van der Waals surface area contributed by atoms with Gasteiger partial charge in [-0.15, -0.1) is 0 Å². The number of hydrogen-bond donors (Lipinski definition) is 1. The van der Waals surface area contributed by atoms with Gasteiger partial charge in [0.25, 0.3) is 0 Å². The first-order chi connectivity index (χ1) is 9.86. The molecule has 2 heteroatoms. The second kappa shape index (κ2) is 6.73. The van der Waals surface area contributed by atoms with Gasteiger partial charge >= 0.3 is 0 Å². The SMILES string of the molecule is Cc1ccccc1[C@@H](C1CCCCC1)N1CCNCC1. The van der Waals surface area contributed by atoms with Crippen molar-refractivity contribution < 1.29 is 0 Å². The van der Waals surface area contributed by atoms with Crippen molar-refractivity contribution in [2.24, 2.45) is 5.92 Å². The number of aryl methyl sites for hydroxylation is 1. The Morgan fingerprint density at radius 3 is 2.45 bits per heavy atom. The van der Waals surface area contributed by atoms with Crippen LogP contribution in [0.4, 0.5) is 0 Å². The molecule has 1 N–H and O–H groups in total. The van der Waals surface area contributed by atoms with E-state index in [0.29, 0.717) is 6.04 Å². The quantitative estimate of drug-likeness (QED) is 0.905. The summed E-state index contributed by atoms with van der Waals surface area (Å²) in [4.78, 5) is 2.74. The van der Waals surface area contributed by atoms with Crippen LogP contribution >= 0.6 is 0 Å². The van der Waals surface area contributed by atoms with Gasteiger partial charge in [0.1, 0.15) is 0 Å². The van der Waals surface area contributed by atoms with Crippen LogP contribution in [-0.4, -0.2) is 31.1 Å². The molecule has 1 aromatic rings. The molecule has 1 saturated carbocycles. The fourth-order valence-electron chi connectivity index (χ4n) is 4.08. The molecule has 2 fully saturated rings. The molecule has 3 rings (SSSR count). The summed E-state index contributed by atoms with van der Waals surface area (Å²) in [6.07, 6.45) is 7.14. The van der Waals surface area contributed by atoms with Crippen LogP contribution in [0.25, 0.3) is 0 Å². The highest BCUT2D eigenvalue weighted by atomic mass is 15.2. The highest BCUT2D eigenvalue weighted by molar-refractivity contribution is 5.29. The van der Waals surface area contributed by atoms with E-state index in [-0.39, 0.29) is 0 Å². The Morgan fingerprint density at radius 1 is 1.05 bits per heavy atom.